The van der Waals surface area contributed by atoms with Crippen LogP contribution in [-0.4, -0.2) is 10.8 Å². The van der Waals surface area contributed by atoms with E-state index < -0.39 is 10.8 Å². The molecule has 1 atom stereocenters. The van der Waals surface area contributed by atoms with Crippen molar-refractivity contribution in [2.24, 2.45) is 5.73 Å². The van der Waals surface area contributed by atoms with Crippen LogP contribution in [0.15, 0.2) is 0 Å². The van der Waals surface area contributed by atoms with Gasteiger partial charge in [0, 0.05) is 0 Å². The van der Waals surface area contributed by atoms with Gasteiger partial charge in [-0.1, -0.05) is 45.4 Å². The standard InChI is InChI=1S/C11H22ClNO/c1-3-4-5-6-7-8-9-11(2,12)10(13)14/h3-9H2,1-2H3,(H2,13,14). The Hall–Kier alpha value is -0.240. The average Bonchev–Trinajstić information content (AvgIpc) is 2.10. The number of rotatable bonds is 8. The van der Waals surface area contributed by atoms with Crippen molar-refractivity contribution in [2.75, 3.05) is 0 Å². The average molecular weight is 220 g/mol. The van der Waals surface area contributed by atoms with Gasteiger partial charge in [-0.15, -0.1) is 11.6 Å². The van der Waals surface area contributed by atoms with Gasteiger partial charge in [0.1, 0.15) is 4.87 Å². The third-order valence-electron chi connectivity index (χ3n) is 2.51. The fourth-order valence-electron chi connectivity index (χ4n) is 1.36. The van der Waals surface area contributed by atoms with E-state index in [4.69, 9.17) is 17.3 Å². The molecule has 1 amide bonds. The van der Waals surface area contributed by atoms with Gasteiger partial charge in [-0.25, -0.2) is 0 Å². The molecule has 1 unspecified atom stereocenters. The number of alkyl halides is 1. The zero-order valence-electron chi connectivity index (χ0n) is 9.31. The van der Waals surface area contributed by atoms with Gasteiger partial charge in [-0.05, 0) is 13.3 Å². The van der Waals surface area contributed by atoms with E-state index in [2.05, 4.69) is 6.92 Å². The smallest absolute Gasteiger partial charge is 0.238 e. The van der Waals surface area contributed by atoms with Crippen LogP contribution < -0.4 is 5.73 Å². The van der Waals surface area contributed by atoms with Crippen molar-refractivity contribution in [1.82, 2.24) is 0 Å². The van der Waals surface area contributed by atoms with Gasteiger partial charge in [0.05, 0.1) is 0 Å². The number of unbranched alkanes of at least 4 members (excludes halogenated alkanes) is 5. The van der Waals surface area contributed by atoms with E-state index in [0.29, 0.717) is 6.42 Å². The molecule has 0 radical (unpaired) electrons. The second-order valence-electron chi connectivity index (χ2n) is 4.08. The summed E-state index contributed by atoms with van der Waals surface area (Å²) in [6.07, 6.45) is 7.91. The molecule has 0 aliphatic heterocycles. The van der Waals surface area contributed by atoms with E-state index in [-0.39, 0.29) is 0 Å². The van der Waals surface area contributed by atoms with Gasteiger partial charge in [0.2, 0.25) is 5.91 Å². The lowest BCUT2D eigenvalue weighted by molar-refractivity contribution is -0.120. The lowest BCUT2D eigenvalue weighted by atomic mass is 10.0. The molecule has 0 aromatic rings. The number of carbonyl (C=O) groups is 1. The van der Waals surface area contributed by atoms with Crippen LogP contribution >= 0.6 is 11.6 Å². The molecule has 0 aliphatic rings. The summed E-state index contributed by atoms with van der Waals surface area (Å²) in [4.78, 5) is 10.0. The van der Waals surface area contributed by atoms with Crippen molar-refractivity contribution >= 4 is 17.5 Å². The van der Waals surface area contributed by atoms with Crippen molar-refractivity contribution in [3.63, 3.8) is 0 Å². The Morgan fingerprint density at radius 1 is 1.21 bits per heavy atom. The van der Waals surface area contributed by atoms with Crippen molar-refractivity contribution in [3.05, 3.63) is 0 Å². The third-order valence-corrected chi connectivity index (χ3v) is 2.89. The van der Waals surface area contributed by atoms with E-state index in [1.54, 1.807) is 6.92 Å². The largest absolute Gasteiger partial charge is 0.368 e. The summed E-state index contributed by atoms with van der Waals surface area (Å²) >= 11 is 5.94. The van der Waals surface area contributed by atoms with Crippen molar-refractivity contribution in [1.29, 1.82) is 0 Å². The molecule has 14 heavy (non-hydrogen) atoms. The van der Waals surface area contributed by atoms with Crippen molar-refractivity contribution < 1.29 is 4.79 Å². The molecule has 0 bridgehead atoms. The minimum Gasteiger partial charge on any atom is -0.368 e. The lowest BCUT2D eigenvalue weighted by Crippen LogP contribution is -2.35. The Balaban J connectivity index is 3.40. The highest BCUT2D eigenvalue weighted by Crippen LogP contribution is 2.22. The molecule has 0 saturated carbocycles. The van der Waals surface area contributed by atoms with Crippen LogP contribution in [0.4, 0.5) is 0 Å². The number of hydrogen-bond acceptors (Lipinski definition) is 1. The van der Waals surface area contributed by atoms with E-state index in [0.717, 1.165) is 12.8 Å². The van der Waals surface area contributed by atoms with Crippen LogP contribution in [0.1, 0.15) is 58.8 Å². The molecular weight excluding hydrogens is 198 g/mol. The number of hydrogen-bond donors (Lipinski definition) is 1. The monoisotopic (exact) mass is 219 g/mol. The summed E-state index contributed by atoms with van der Waals surface area (Å²) in [5.41, 5.74) is 5.16. The SMILES string of the molecule is CCCCCCCCC(C)(Cl)C(N)=O. The minimum atomic E-state index is -0.843. The predicted molar refractivity (Wildman–Crippen MR) is 61.4 cm³/mol. The highest BCUT2D eigenvalue weighted by Gasteiger charge is 2.26. The molecule has 3 heteroatoms. The Bertz CT molecular complexity index is 169. The van der Waals surface area contributed by atoms with Gasteiger partial charge in [-0.3, -0.25) is 4.79 Å². The summed E-state index contributed by atoms with van der Waals surface area (Å²) in [5.74, 6) is -0.410. The zero-order chi connectivity index (χ0) is 11.0. The van der Waals surface area contributed by atoms with E-state index >= 15 is 0 Å². The maximum Gasteiger partial charge on any atom is 0.238 e. The van der Waals surface area contributed by atoms with Gasteiger partial charge < -0.3 is 5.73 Å². The molecule has 2 N–H and O–H groups in total. The van der Waals surface area contributed by atoms with Crippen LogP contribution in [0.2, 0.25) is 0 Å². The predicted octanol–water partition coefficient (Wildman–Crippen LogP) is 3.22. The van der Waals surface area contributed by atoms with E-state index in [9.17, 15) is 4.79 Å². The van der Waals surface area contributed by atoms with Gasteiger partial charge in [0.25, 0.3) is 0 Å². The summed E-state index contributed by atoms with van der Waals surface area (Å²) in [6.45, 7) is 3.89. The molecule has 0 heterocycles. The molecular formula is C11H22ClNO. The topological polar surface area (TPSA) is 43.1 Å². The quantitative estimate of drug-likeness (QED) is 0.495. The van der Waals surface area contributed by atoms with Crippen LogP contribution in [0, 0.1) is 0 Å². The van der Waals surface area contributed by atoms with Crippen LogP contribution in [0.25, 0.3) is 0 Å². The maximum atomic E-state index is 10.9. The molecule has 0 aromatic heterocycles. The summed E-state index contributed by atoms with van der Waals surface area (Å²) in [5, 5.41) is 0. The highest BCUT2D eigenvalue weighted by atomic mass is 35.5. The molecule has 0 saturated heterocycles. The molecule has 0 spiro atoms. The van der Waals surface area contributed by atoms with Crippen LogP contribution in [0.3, 0.4) is 0 Å². The Morgan fingerprint density at radius 3 is 2.21 bits per heavy atom. The van der Waals surface area contributed by atoms with Crippen LogP contribution in [0.5, 0.6) is 0 Å². The van der Waals surface area contributed by atoms with Crippen LogP contribution in [-0.2, 0) is 4.79 Å². The number of primary amides is 1. The fraction of sp³-hybridized carbons (Fsp3) is 0.909. The normalized spacial score (nSPS) is 15.1. The Morgan fingerprint density at radius 2 is 1.71 bits per heavy atom. The second kappa shape index (κ2) is 7.10. The summed E-state index contributed by atoms with van der Waals surface area (Å²) < 4.78 is 0. The van der Waals surface area contributed by atoms with Gasteiger partial charge in [0.15, 0.2) is 0 Å². The molecule has 0 aliphatic carbocycles. The Kier molecular flexibility index (Phi) is 6.98. The summed E-state index contributed by atoms with van der Waals surface area (Å²) in [6, 6.07) is 0. The minimum absolute atomic E-state index is 0.410. The number of amides is 1. The third kappa shape index (κ3) is 6.25. The molecule has 84 valence electrons. The molecule has 0 aromatic carbocycles. The second-order valence-corrected chi connectivity index (χ2v) is 4.91. The first kappa shape index (κ1) is 13.8. The number of nitrogens with two attached hydrogens (primary N) is 1. The highest BCUT2D eigenvalue weighted by molar-refractivity contribution is 6.34. The Labute approximate surface area is 92.2 Å². The maximum absolute atomic E-state index is 10.9. The van der Waals surface area contributed by atoms with E-state index in [1.807, 2.05) is 0 Å². The number of halogens is 1. The summed E-state index contributed by atoms with van der Waals surface area (Å²) in [7, 11) is 0. The molecule has 0 rings (SSSR count). The van der Waals surface area contributed by atoms with Crippen molar-refractivity contribution in [3.8, 4) is 0 Å². The van der Waals surface area contributed by atoms with Gasteiger partial charge >= 0.3 is 0 Å². The first-order chi connectivity index (χ1) is 6.50. The first-order valence-electron chi connectivity index (χ1n) is 5.49. The zero-order valence-corrected chi connectivity index (χ0v) is 10.1. The first-order valence-corrected chi connectivity index (χ1v) is 5.87. The molecule has 2 nitrogen and oxygen atoms in total. The lowest BCUT2D eigenvalue weighted by Gasteiger charge is -2.17. The fourth-order valence-corrected chi connectivity index (χ4v) is 1.49. The van der Waals surface area contributed by atoms with E-state index in [1.165, 1.54) is 25.7 Å². The molecule has 0 fully saturated rings. The van der Waals surface area contributed by atoms with Gasteiger partial charge in [-0.2, -0.15) is 0 Å². The van der Waals surface area contributed by atoms with Crippen molar-refractivity contribution in [2.45, 2.75) is 63.7 Å². The number of carbonyl (C=O) groups excluding carboxylic acids is 1.